The van der Waals surface area contributed by atoms with E-state index in [0.29, 0.717) is 39.9 Å². The van der Waals surface area contributed by atoms with Crippen LogP contribution in [0.25, 0.3) is 16.6 Å². The van der Waals surface area contributed by atoms with E-state index in [1.807, 2.05) is 30.3 Å². The van der Waals surface area contributed by atoms with Gasteiger partial charge in [0.2, 0.25) is 0 Å². The maximum Gasteiger partial charge on any atom is 0.154 e. The van der Waals surface area contributed by atoms with E-state index in [1.54, 1.807) is 37.8 Å². The number of hydrogen-bond acceptors (Lipinski definition) is 9. The highest BCUT2D eigenvalue weighted by Crippen LogP contribution is 2.24. The van der Waals surface area contributed by atoms with Gasteiger partial charge in [0.05, 0.1) is 22.9 Å². The van der Waals surface area contributed by atoms with Crippen molar-refractivity contribution in [3.05, 3.63) is 83.6 Å². The zero-order valence-corrected chi connectivity index (χ0v) is 19.0. The second-order valence-electron chi connectivity index (χ2n) is 7.88. The number of nitriles is 1. The molecule has 4 aromatic heterocycles. The number of rotatable bonds is 7. The summed E-state index contributed by atoms with van der Waals surface area (Å²) in [6.45, 7) is 4.20. The maximum absolute atomic E-state index is 8.98. The second kappa shape index (κ2) is 9.83. The van der Waals surface area contributed by atoms with E-state index < -0.39 is 0 Å². The Morgan fingerprint density at radius 1 is 1.00 bits per heavy atom. The lowest BCUT2D eigenvalue weighted by molar-refractivity contribution is 0.843. The Hall–Kier alpha value is -4.71. The lowest BCUT2D eigenvalue weighted by atomic mass is 9.98. The van der Waals surface area contributed by atoms with Gasteiger partial charge in [-0.05, 0) is 47.9 Å². The Morgan fingerprint density at radius 2 is 1.82 bits per heavy atom. The molecule has 0 amide bonds. The Morgan fingerprint density at radius 3 is 2.53 bits per heavy atom. The quantitative estimate of drug-likeness (QED) is 0.357. The van der Waals surface area contributed by atoms with Crippen molar-refractivity contribution in [3.63, 3.8) is 0 Å². The third kappa shape index (κ3) is 4.86. The number of fused-ring (bicyclic) bond motifs is 1. The van der Waals surface area contributed by atoms with Gasteiger partial charge in [0.25, 0.3) is 0 Å². The Kier molecular flexibility index (Phi) is 6.50. The molecule has 0 saturated carbocycles. The molecule has 4 aromatic rings. The lowest BCUT2D eigenvalue weighted by Gasteiger charge is -2.12. The van der Waals surface area contributed by atoms with Crippen LogP contribution in [-0.4, -0.2) is 37.9 Å². The molecule has 0 aromatic carbocycles. The molecule has 0 radical (unpaired) electrons. The highest BCUT2D eigenvalue weighted by molar-refractivity contribution is 6.30. The summed E-state index contributed by atoms with van der Waals surface area (Å²) < 4.78 is 0. The van der Waals surface area contributed by atoms with E-state index in [1.165, 1.54) is 6.20 Å². The van der Waals surface area contributed by atoms with Crippen LogP contribution >= 0.6 is 0 Å². The minimum absolute atomic E-state index is 0.252. The first kappa shape index (κ1) is 22.5. The van der Waals surface area contributed by atoms with Gasteiger partial charge in [0, 0.05) is 42.3 Å². The predicted molar refractivity (Wildman–Crippen MR) is 132 cm³/mol. The first-order valence-corrected chi connectivity index (χ1v) is 10.7. The summed E-state index contributed by atoms with van der Waals surface area (Å²) in [5.74, 6) is 1.58. The molecule has 3 N–H and O–H groups in total. The molecule has 9 nitrogen and oxygen atoms in total. The number of pyridine rings is 3. The Balaban J connectivity index is 1.66. The topological polar surface area (TPSA) is 136 Å². The molecule has 34 heavy (non-hydrogen) atoms. The minimum atomic E-state index is 0.252. The van der Waals surface area contributed by atoms with E-state index in [9.17, 15) is 0 Å². The standard InChI is InChI=1S/C25H23N9/c1-15(2)17-9-24(34-31-13-17)33-23-7-6-21-22(32-23)8-18(12-30-21)20(14-28-3)25(27)16-4-5-19(10-26)29-11-16/h4-9,11-15,27-28H,1-3H3,(H,32,33,34)/b20-14-,27-25?. The minimum Gasteiger partial charge on any atom is -0.393 e. The van der Waals surface area contributed by atoms with Crippen molar-refractivity contribution in [2.24, 2.45) is 0 Å². The summed E-state index contributed by atoms with van der Waals surface area (Å²) in [5.41, 5.74) is 4.97. The molecule has 0 unspecified atom stereocenters. The van der Waals surface area contributed by atoms with Gasteiger partial charge in [-0.15, -0.1) is 5.10 Å². The zero-order valence-electron chi connectivity index (χ0n) is 19.0. The van der Waals surface area contributed by atoms with Crippen molar-refractivity contribution in [2.45, 2.75) is 19.8 Å². The van der Waals surface area contributed by atoms with Crippen molar-refractivity contribution >= 4 is 34.0 Å². The summed E-state index contributed by atoms with van der Waals surface area (Å²) >= 11 is 0. The average Bonchev–Trinajstić information content (AvgIpc) is 2.86. The summed E-state index contributed by atoms with van der Waals surface area (Å²) in [6.07, 6.45) is 6.72. The monoisotopic (exact) mass is 449 g/mol. The third-order valence-corrected chi connectivity index (χ3v) is 5.17. The molecule has 0 aliphatic heterocycles. The first-order chi connectivity index (χ1) is 16.5. The van der Waals surface area contributed by atoms with E-state index in [2.05, 4.69) is 44.6 Å². The molecule has 0 fully saturated rings. The molecule has 4 heterocycles. The molecule has 168 valence electrons. The van der Waals surface area contributed by atoms with Crippen LogP contribution in [0.3, 0.4) is 0 Å². The SMILES string of the molecule is CN/C=C(\C(=N)c1ccc(C#N)nc1)c1cnc2ccc(Nc3cc(C(C)C)cnn3)nc2c1. The van der Waals surface area contributed by atoms with Crippen LogP contribution in [0.2, 0.25) is 0 Å². The fraction of sp³-hybridized carbons (Fsp3) is 0.160. The van der Waals surface area contributed by atoms with Crippen molar-refractivity contribution in [3.8, 4) is 6.07 Å². The van der Waals surface area contributed by atoms with Gasteiger partial charge in [-0.3, -0.25) is 10.4 Å². The van der Waals surface area contributed by atoms with Crippen molar-refractivity contribution in [2.75, 3.05) is 12.4 Å². The van der Waals surface area contributed by atoms with E-state index in [-0.39, 0.29) is 5.71 Å². The first-order valence-electron chi connectivity index (χ1n) is 10.7. The molecule has 0 bridgehead atoms. The second-order valence-corrected chi connectivity index (χ2v) is 7.88. The maximum atomic E-state index is 8.98. The van der Waals surface area contributed by atoms with Crippen LogP contribution < -0.4 is 10.6 Å². The number of nitrogens with zero attached hydrogens (tertiary/aromatic N) is 6. The summed E-state index contributed by atoms with van der Waals surface area (Å²) in [6, 6.07) is 12.9. The van der Waals surface area contributed by atoms with Gasteiger partial charge in [-0.1, -0.05) is 13.8 Å². The number of anilines is 2. The van der Waals surface area contributed by atoms with Crippen molar-refractivity contribution in [1.82, 2.24) is 30.5 Å². The van der Waals surface area contributed by atoms with Gasteiger partial charge >= 0.3 is 0 Å². The summed E-state index contributed by atoms with van der Waals surface area (Å²) in [7, 11) is 1.77. The number of nitrogens with one attached hydrogen (secondary N) is 3. The van der Waals surface area contributed by atoms with Crippen LogP contribution in [0.1, 0.15) is 42.1 Å². The van der Waals surface area contributed by atoms with E-state index in [4.69, 9.17) is 15.7 Å². The van der Waals surface area contributed by atoms with Crippen molar-refractivity contribution < 1.29 is 0 Å². The molecule has 4 rings (SSSR count). The lowest BCUT2D eigenvalue weighted by Crippen LogP contribution is -2.08. The highest BCUT2D eigenvalue weighted by Gasteiger charge is 2.13. The fourth-order valence-electron chi connectivity index (χ4n) is 3.32. The molecular formula is C25H23N9. The number of aromatic nitrogens is 5. The van der Waals surface area contributed by atoms with Crippen molar-refractivity contribution in [1.29, 1.82) is 10.7 Å². The number of allylic oxidation sites excluding steroid dienone is 1. The van der Waals surface area contributed by atoms with Crippen LogP contribution in [-0.2, 0) is 0 Å². The molecule has 0 atom stereocenters. The van der Waals surface area contributed by atoms with Crippen LogP contribution in [0.15, 0.2) is 61.2 Å². The fourth-order valence-corrected chi connectivity index (χ4v) is 3.32. The summed E-state index contributed by atoms with van der Waals surface area (Å²) in [5, 5.41) is 32.1. The average molecular weight is 450 g/mol. The van der Waals surface area contributed by atoms with Gasteiger partial charge in [0.15, 0.2) is 5.82 Å². The summed E-state index contributed by atoms with van der Waals surface area (Å²) in [4.78, 5) is 13.3. The number of hydrogen-bond donors (Lipinski definition) is 3. The van der Waals surface area contributed by atoms with E-state index >= 15 is 0 Å². The zero-order chi connectivity index (χ0) is 24.1. The smallest absolute Gasteiger partial charge is 0.154 e. The highest BCUT2D eigenvalue weighted by atomic mass is 15.2. The van der Waals surface area contributed by atoms with E-state index in [0.717, 1.165) is 16.6 Å². The van der Waals surface area contributed by atoms with Gasteiger partial charge in [0.1, 0.15) is 17.6 Å². The Bertz CT molecular complexity index is 1420. The van der Waals surface area contributed by atoms with Gasteiger partial charge < -0.3 is 10.6 Å². The largest absolute Gasteiger partial charge is 0.393 e. The molecule has 0 saturated heterocycles. The molecule has 0 aliphatic carbocycles. The molecule has 0 spiro atoms. The molecular weight excluding hydrogens is 426 g/mol. The predicted octanol–water partition coefficient (Wildman–Crippen LogP) is 4.18. The van der Waals surface area contributed by atoms with Crippen LogP contribution in [0, 0.1) is 16.7 Å². The van der Waals surface area contributed by atoms with Crippen LogP contribution in [0.4, 0.5) is 11.6 Å². The van der Waals surface area contributed by atoms with Gasteiger partial charge in [-0.25, -0.2) is 9.97 Å². The van der Waals surface area contributed by atoms with Gasteiger partial charge in [-0.2, -0.15) is 10.4 Å². The molecule has 0 aliphatic rings. The molecule has 9 heteroatoms. The third-order valence-electron chi connectivity index (χ3n) is 5.17. The van der Waals surface area contributed by atoms with Crippen LogP contribution in [0.5, 0.6) is 0 Å². The normalized spacial score (nSPS) is 11.3. The Labute approximate surface area is 197 Å².